The molecule has 1 fully saturated rings. The van der Waals surface area contributed by atoms with Gasteiger partial charge in [-0.3, -0.25) is 18.8 Å². The zero-order valence-corrected chi connectivity index (χ0v) is 17.1. The van der Waals surface area contributed by atoms with E-state index < -0.39 is 0 Å². The van der Waals surface area contributed by atoms with Gasteiger partial charge in [-0.25, -0.2) is 4.98 Å². The van der Waals surface area contributed by atoms with Crippen molar-refractivity contribution in [1.29, 1.82) is 0 Å². The van der Waals surface area contributed by atoms with E-state index in [1.54, 1.807) is 10.8 Å². The molecule has 0 unspecified atom stereocenters. The average molecular weight is 413 g/mol. The fourth-order valence-electron chi connectivity index (χ4n) is 3.80. The number of hydrogen-bond donors (Lipinski definition) is 1. The van der Waals surface area contributed by atoms with Crippen molar-refractivity contribution in [3.8, 4) is 0 Å². The summed E-state index contributed by atoms with van der Waals surface area (Å²) in [5, 5.41) is 7.78. The first-order chi connectivity index (χ1) is 15.2. The van der Waals surface area contributed by atoms with Crippen molar-refractivity contribution >= 4 is 22.5 Å². The van der Waals surface area contributed by atoms with Gasteiger partial charge in [0.1, 0.15) is 5.82 Å². The topological polar surface area (TPSA) is 81.8 Å². The third kappa shape index (κ3) is 4.26. The molecule has 0 saturated heterocycles. The van der Waals surface area contributed by atoms with Crippen molar-refractivity contribution < 1.29 is 4.79 Å². The van der Waals surface area contributed by atoms with Crippen LogP contribution in [0.25, 0.3) is 10.9 Å². The van der Waals surface area contributed by atoms with E-state index in [1.807, 2.05) is 65.5 Å². The van der Waals surface area contributed by atoms with Crippen LogP contribution in [0.5, 0.6) is 0 Å². The Morgan fingerprint density at radius 1 is 1.06 bits per heavy atom. The number of carbonyl (C=O) groups is 1. The molecule has 31 heavy (non-hydrogen) atoms. The SMILES string of the molecule is O=C(CCc1nc2ccccc2c(=O)n1C1CC1)Nc1ccc(Cn2cccn2)cc1. The number of hydrogen-bond acceptors (Lipinski definition) is 4. The van der Waals surface area contributed by atoms with E-state index in [9.17, 15) is 9.59 Å². The smallest absolute Gasteiger partial charge is 0.261 e. The maximum Gasteiger partial charge on any atom is 0.261 e. The van der Waals surface area contributed by atoms with Crippen LogP contribution in [0, 0.1) is 0 Å². The van der Waals surface area contributed by atoms with Crippen molar-refractivity contribution in [3.63, 3.8) is 0 Å². The summed E-state index contributed by atoms with van der Waals surface area (Å²) in [6.07, 6.45) is 6.35. The van der Waals surface area contributed by atoms with Crippen molar-refractivity contribution in [2.24, 2.45) is 0 Å². The number of nitrogens with zero attached hydrogens (tertiary/aromatic N) is 4. The molecular weight excluding hydrogens is 390 g/mol. The zero-order chi connectivity index (χ0) is 21.2. The highest BCUT2D eigenvalue weighted by Gasteiger charge is 2.28. The second kappa shape index (κ2) is 8.18. The Balaban J connectivity index is 1.26. The van der Waals surface area contributed by atoms with Crippen LogP contribution < -0.4 is 10.9 Å². The summed E-state index contributed by atoms with van der Waals surface area (Å²) in [5.41, 5.74) is 2.54. The molecule has 1 amide bonds. The van der Waals surface area contributed by atoms with E-state index in [2.05, 4.69) is 10.4 Å². The molecule has 2 heterocycles. The summed E-state index contributed by atoms with van der Waals surface area (Å²) in [4.78, 5) is 30.2. The molecule has 4 aromatic rings. The van der Waals surface area contributed by atoms with Crippen molar-refractivity contribution in [3.05, 3.63) is 88.7 Å². The number of aromatic nitrogens is 4. The van der Waals surface area contributed by atoms with Gasteiger partial charge in [0.2, 0.25) is 5.91 Å². The molecule has 2 aromatic heterocycles. The summed E-state index contributed by atoms with van der Waals surface area (Å²) in [6.45, 7) is 0.688. The Labute approximate surface area is 179 Å². The minimum absolute atomic E-state index is 0.00345. The maximum atomic E-state index is 12.9. The number of anilines is 1. The zero-order valence-electron chi connectivity index (χ0n) is 17.1. The summed E-state index contributed by atoms with van der Waals surface area (Å²) >= 11 is 0. The molecular formula is C24H23N5O2. The van der Waals surface area contributed by atoms with Crippen molar-refractivity contribution in [2.45, 2.75) is 38.3 Å². The van der Waals surface area contributed by atoms with Crippen LogP contribution in [0.15, 0.2) is 71.8 Å². The Kier molecular flexibility index (Phi) is 5.08. The number of rotatable bonds is 7. The van der Waals surface area contributed by atoms with Gasteiger partial charge in [0.25, 0.3) is 5.56 Å². The van der Waals surface area contributed by atoms with E-state index >= 15 is 0 Å². The largest absolute Gasteiger partial charge is 0.326 e. The predicted octanol–water partition coefficient (Wildman–Crippen LogP) is 3.55. The molecule has 5 rings (SSSR count). The Bertz CT molecular complexity index is 1270. The Hall–Kier alpha value is -3.74. The summed E-state index contributed by atoms with van der Waals surface area (Å²) in [6, 6.07) is 17.2. The average Bonchev–Trinajstić information content (AvgIpc) is 3.49. The lowest BCUT2D eigenvalue weighted by atomic mass is 10.2. The first kappa shape index (κ1) is 19.2. The van der Waals surface area contributed by atoms with Gasteiger partial charge in [0, 0.05) is 37.0 Å². The summed E-state index contributed by atoms with van der Waals surface area (Å²) in [5.74, 6) is 0.598. The van der Waals surface area contributed by atoms with Crippen LogP contribution in [0.1, 0.15) is 36.7 Å². The van der Waals surface area contributed by atoms with E-state index in [4.69, 9.17) is 4.98 Å². The van der Waals surface area contributed by atoms with Crippen LogP contribution in [0.2, 0.25) is 0 Å². The minimum Gasteiger partial charge on any atom is -0.326 e. The molecule has 156 valence electrons. The van der Waals surface area contributed by atoms with E-state index in [0.29, 0.717) is 29.7 Å². The summed E-state index contributed by atoms with van der Waals surface area (Å²) in [7, 11) is 0. The fourth-order valence-corrected chi connectivity index (χ4v) is 3.80. The van der Waals surface area contributed by atoms with Gasteiger partial charge in [-0.1, -0.05) is 24.3 Å². The molecule has 0 bridgehead atoms. The van der Waals surface area contributed by atoms with Gasteiger partial charge in [0.15, 0.2) is 0 Å². The highest BCUT2D eigenvalue weighted by Crippen LogP contribution is 2.34. The third-order valence-electron chi connectivity index (χ3n) is 5.51. The van der Waals surface area contributed by atoms with Gasteiger partial charge < -0.3 is 5.32 Å². The lowest BCUT2D eigenvalue weighted by Gasteiger charge is -2.13. The third-order valence-corrected chi connectivity index (χ3v) is 5.51. The lowest BCUT2D eigenvalue weighted by Crippen LogP contribution is -2.25. The molecule has 1 aliphatic carbocycles. The molecule has 1 saturated carbocycles. The number of benzene rings is 2. The molecule has 0 radical (unpaired) electrons. The van der Waals surface area contributed by atoms with Crippen LogP contribution in [-0.4, -0.2) is 25.2 Å². The highest BCUT2D eigenvalue weighted by atomic mass is 16.1. The van der Waals surface area contributed by atoms with Gasteiger partial charge in [-0.2, -0.15) is 5.10 Å². The minimum atomic E-state index is -0.0930. The van der Waals surface area contributed by atoms with Crippen molar-refractivity contribution in [2.75, 3.05) is 5.32 Å². The fraction of sp³-hybridized carbons (Fsp3) is 0.250. The van der Waals surface area contributed by atoms with Crippen LogP contribution >= 0.6 is 0 Å². The van der Waals surface area contributed by atoms with Gasteiger partial charge >= 0.3 is 0 Å². The van der Waals surface area contributed by atoms with Gasteiger partial charge in [-0.15, -0.1) is 0 Å². The van der Waals surface area contributed by atoms with Crippen LogP contribution in [-0.2, 0) is 17.8 Å². The van der Waals surface area contributed by atoms with E-state index in [1.165, 1.54) is 0 Å². The second-order valence-electron chi connectivity index (χ2n) is 7.90. The normalized spacial score (nSPS) is 13.4. The van der Waals surface area contributed by atoms with E-state index in [-0.39, 0.29) is 23.9 Å². The van der Waals surface area contributed by atoms with Gasteiger partial charge in [-0.05, 0) is 48.7 Å². The standard InChI is InChI=1S/C24H23N5O2/c30-23(26-18-8-6-17(7-9-18)16-28-15-3-14-25-28)13-12-22-27-21-5-2-1-4-20(21)24(31)29(22)19-10-11-19/h1-9,14-15,19H,10-13,16H2,(H,26,30). The molecule has 1 N–H and O–H groups in total. The van der Waals surface area contributed by atoms with Crippen molar-refractivity contribution in [1.82, 2.24) is 19.3 Å². The number of aryl methyl sites for hydroxylation is 1. The first-order valence-electron chi connectivity index (χ1n) is 10.5. The number of para-hydroxylation sites is 1. The monoisotopic (exact) mass is 413 g/mol. The van der Waals surface area contributed by atoms with Crippen LogP contribution in [0.4, 0.5) is 5.69 Å². The molecule has 0 aliphatic heterocycles. The molecule has 1 aliphatic rings. The van der Waals surface area contributed by atoms with E-state index in [0.717, 1.165) is 24.1 Å². The number of nitrogens with one attached hydrogen (secondary N) is 1. The molecule has 7 nitrogen and oxygen atoms in total. The molecule has 0 spiro atoms. The number of fused-ring (bicyclic) bond motifs is 1. The van der Waals surface area contributed by atoms with Crippen LogP contribution in [0.3, 0.4) is 0 Å². The molecule has 2 aromatic carbocycles. The van der Waals surface area contributed by atoms with Gasteiger partial charge in [0.05, 0.1) is 17.4 Å². The summed E-state index contributed by atoms with van der Waals surface area (Å²) < 4.78 is 3.64. The first-order valence-corrected chi connectivity index (χ1v) is 10.5. The highest BCUT2D eigenvalue weighted by molar-refractivity contribution is 5.90. The lowest BCUT2D eigenvalue weighted by molar-refractivity contribution is -0.116. The second-order valence-corrected chi connectivity index (χ2v) is 7.90. The number of carbonyl (C=O) groups excluding carboxylic acids is 1. The quantitative estimate of drug-likeness (QED) is 0.502. The predicted molar refractivity (Wildman–Crippen MR) is 119 cm³/mol. The Morgan fingerprint density at radius 3 is 2.61 bits per heavy atom. The Morgan fingerprint density at radius 2 is 1.87 bits per heavy atom. The number of amides is 1. The molecule has 7 heteroatoms. The maximum absolute atomic E-state index is 12.9. The molecule has 0 atom stereocenters.